The summed E-state index contributed by atoms with van der Waals surface area (Å²) in [6, 6.07) is 19.0. The van der Waals surface area contributed by atoms with Gasteiger partial charge < -0.3 is 15.1 Å². The summed E-state index contributed by atoms with van der Waals surface area (Å²) >= 11 is 12.0. The first-order valence-corrected chi connectivity index (χ1v) is 9.83. The van der Waals surface area contributed by atoms with Crippen LogP contribution in [0.3, 0.4) is 0 Å². The van der Waals surface area contributed by atoms with Crippen LogP contribution in [0.25, 0.3) is 11.0 Å². The monoisotopic (exact) mass is 438 g/mol. The number of fused-ring (bicyclic) bond motifs is 1. The van der Waals surface area contributed by atoms with Crippen LogP contribution in [0.2, 0.25) is 10.0 Å². The fourth-order valence-corrected chi connectivity index (χ4v) is 3.53. The van der Waals surface area contributed by atoms with E-state index in [9.17, 15) is 9.59 Å². The highest BCUT2D eigenvalue weighted by molar-refractivity contribution is 6.37. The molecule has 4 aromatic rings. The quantitative estimate of drug-likeness (QED) is 0.379. The fourth-order valence-electron chi connectivity index (χ4n) is 3.03. The molecule has 4 rings (SSSR count). The van der Waals surface area contributed by atoms with Gasteiger partial charge in [-0.1, -0.05) is 41.4 Å². The van der Waals surface area contributed by atoms with Crippen molar-refractivity contribution in [2.75, 3.05) is 10.6 Å². The highest BCUT2D eigenvalue weighted by Gasteiger charge is 2.15. The summed E-state index contributed by atoms with van der Waals surface area (Å²) in [5, 5.41) is 7.21. The molecule has 2 N–H and O–H groups in total. The maximum atomic E-state index is 12.5. The standard InChI is InChI=1S/C23H16Cl2N2O3/c1-13-10-16(26-22(28)17-8-6-15(24)12-18(17)25)7-9-19(13)27-23(29)21-11-14-4-2-3-5-20(14)30-21/h2-12H,1H3,(H,26,28)(H,27,29). The number of anilines is 2. The Balaban J connectivity index is 1.48. The van der Waals surface area contributed by atoms with Crippen LogP contribution in [0, 0.1) is 6.92 Å². The highest BCUT2D eigenvalue weighted by Crippen LogP contribution is 2.25. The molecule has 5 nitrogen and oxygen atoms in total. The zero-order chi connectivity index (χ0) is 21.3. The van der Waals surface area contributed by atoms with E-state index in [-0.39, 0.29) is 22.6 Å². The number of carbonyl (C=O) groups excluding carboxylic acids is 2. The Kier molecular flexibility index (Phi) is 5.48. The van der Waals surface area contributed by atoms with Gasteiger partial charge in [0.25, 0.3) is 11.8 Å². The molecule has 3 aromatic carbocycles. The third-order valence-corrected chi connectivity index (χ3v) is 5.11. The van der Waals surface area contributed by atoms with Crippen molar-refractivity contribution in [3.63, 3.8) is 0 Å². The second-order valence-electron chi connectivity index (χ2n) is 6.71. The summed E-state index contributed by atoms with van der Waals surface area (Å²) < 4.78 is 5.60. The van der Waals surface area contributed by atoms with Crippen molar-refractivity contribution in [2.45, 2.75) is 6.92 Å². The molecule has 30 heavy (non-hydrogen) atoms. The van der Waals surface area contributed by atoms with E-state index in [0.717, 1.165) is 10.9 Å². The van der Waals surface area contributed by atoms with Crippen LogP contribution in [0.15, 0.2) is 71.1 Å². The van der Waals surface area contributed by atoms with E-state index < -0.39 is 0 Å². The number of nitrogens with one attached hydrogen (secondary N) is 2. The van der Waals surface area contributed by atoms with Crippen molar-refractivity contribution >= 4 is 57.4 Å². The van der Waals surface area contributed by atoms with Gasteiger partial charge in [-0.25, -0.2) is 0 Å². The van der Waals surface area contributed by atoms with Gasteiger partial charge in [-0.15, -0.1) is 0 Å². The zero-order valence-electron chi connectivity index (χ0n) is 15.8. The first-order chi connectivity index (χ1) is 14.4. The van der Waals surface area contributed by atoms with Crippen molar-refractivity contribution in [3.8, 4) is 0 Å². The third kappa shape index (κ3) is 4.17. The van der Waals surface area contributed by atoms with Crippen molar-refractivity contribution in [1.29, 1.82) is 0 Å². The predicted molar refractivity (Wildman–Crippen MR) is 120 cm³/mol. The summed E-state index contributed by atoms with van der Waals surface area (Å²) in [5.41, 5.74) is 2.94. The molecule has 2 amide bonds. The summed E-state index contributed by atoms with van der Waals surface area (Å²) in [7, 11) is 0. The molecule has 0 aliphatic carbocycles. The van der Waals surface area contributed by atoms with Gasteiger partial charge in [-0.2, -0.15) is 0 Å². The molecule has 150 valence electrons. The molecular formula is C23H16Cl2N2O3. The molecule has 7 heteroatoms. The molecule has 0 radical (unpaired) electrons. The largest absolute Gasteiger partial charge is 0.451 e. The number of rotatable bonds is 4. The maximum Gasteiger partial charge on any atom is 0.291 e. The molecule has 0 aliphatic rings. The smallest absolute Gasteiger partial charge is 0.291 e. The lowest BCUT2D eigenvalue weighted by atomic mass is 10.1. The Morgan fingerprint density at radius 3 is 2.40 bits per heavy atom. The van der Waals surface area contributed by atoms with Gasteiger partial charge in [0.05, 0.1) is 10.6 Å². The molecule has 0 fully saturated rings. The number of hydrogen-bond donors (Lipinski definition) is 2. The lowest BCUT2D eigenvalue weighted by molar-refractivity contribution is 0.0996. The Labute approximate surface area is 182 Å². The molecule has 0 bridgehead atoms. The minimum absolute atomic E-state index is 0.227. The number of benzene rings is 3. The molecule has 0 atom stereocenters. The number of hydrogen-bond acceptors (Lipinski definition) is 3. The van der Waals surface area contributed by atoms with E-state index in [2.05, 4.69) is 10.6 Å². The first-order valence-electron chi connectivity index (χ1n) is 9.08. The van der Waals surface area contributed by atoms with Gasteiger partial charge in [-0.05, 0) is 61.0 Å². The lowest BCUT2D eigenvalue weighted by Crippen LogP contribution is -2.14. The Bertz CT molecular complexity index is 1250. The molecule has 0 spiro atoms. The summed E-state index contributed by atoms with van der Waals surface area (Å²) in [4.78, 5) is 25.0. The Morgan fingerprint density at radius 2 is 1.67 bits per heavy atom. The van der Waals surface area contributed by atoms with Gasteiger partial charge in [0.15, 0.2) is 5.76 Å². The fraction of sp³-hybridized carbons (Fsp3) is 0.0435. The van der Waals surface area contributed by atoms with Crippen LogP contribution in [0.1, 0.15) is 26.5 Å². The Hall–Kier alpha value is -3.28. The van der Waals surface area contributed by atoms with Crippen LogP contribution in [-0.4, -0.2) is 11.8 Å². The van der Waals surface area contributed by atoms with Gasteiger partial charge in [0.2, 0.25) is 0 Å². The minimum atomic E-state index is -0.352. The summed E-state index contributed by atoms with van der Waals surface area (Å²) in [6.07, 6.45) is 0. The molecule has 1 aromatic heterocycles. The number of carbonyl (C=O) groups is 2. The molecular weight excluding hydrogens is 423 g/mol. The van der Waals surface area contributed by atoms with Gasteiger partial charge in [-0.3, -0.25) is 9.59 Å². The minimum Gasteiger partial charge on any atom is -0.451 e. The lowest BCUT2D eigenvalue weighted by Gasteiger charge is -2.11. The molecule has 1 heterocycles. The second kappa shape index (κ2) is 8.22. The van der Waals surface area contributed by atoms with Crippen LogP contribution >= 0.6 is 23.2 Å². The molecule has 0 saturated heterocycles. The first kappa shape index (κ1) is 20.0. The van der Waals surface area contributed by atoms with Gasteiger partial charge in [0, 0.05) is 21.8 Å². The topological polar surface area (TPSA) is 71.3 Å². The zero-order valence-corrected chi connectivity index (χ0v) is 17.3. The highest BCUT2D eigenvalue weighted by atomic mass is 35.5. The van der Waals surface area contributed by atoms with E-state index in [4.69, 9.17) is 27.6 Å². The molecule has 0 unspecified atom stereocenters. The maximum absolute atomic E-state index is 12.5. The average Bonchev–Trinajstić information content (AvgIpc) is 3.14. The van der Waals surface area contributed by atoms with Gasteiger partial charge in [0.1, 0.15) is 5.58 Å². The van der Waals surface area contributed by atoms with E-state index in [1.807, 2.05) is 31.2 Å². The second-order valence-corrected chi connectivity index (χ2v) is 7.55. The Morgan fingerprint density at radius 1 is 0.867 bits per heavy atom. The van der Waals surface area contributed by atoms with E-state index in [1.165, 1.54) is 6.07 Å². The van der Waals surface area contributed by atoms with Crippen molar-refractivity contribution < 1.29 is 14.0 Å². The van der Waals surface area contributed by atoms with Crippen molar-refractivity contribution in [1.82, 2.24) is 0 Å². The van der Waals surface area contributed by atoms with Crippen LogP contribution in [0.5, 0.6) is 0 Å². The summed E-state index contributed by atoms with van der Waals surface area (Å²) in [6.45, 7) is 1.83. The number of furan rings is 1. The van der Waals surface area contributed by atoms with Crippen LogP contribution < -0.4 is 10.6 Å². The van der Waals surface area contributed by atoms with E-state index in [0.29, 0.717) is 27.5 Å². The SMILES string of the molecule is Cc1cc(NC(=O)c2ccc(Cl)cc2Cl)ccc1NC(=O)c1cc2ccccc2o1. The van der Waals surface area contributed by atoms with Crippen LogP contribution in [0.4, 0.5) is 11.4 Å². The van der Waals surface area contributed by atoms with Crippen LogP contribution in [-0.2, 0) is 0 Å². The molecule has 0 saturated carbocycles. The third-order valence-electron chi connectivity index (χ3n) is 4.56. The number of para-hydroxylation sites is 1. The predicted octanol–water partition coefficient (Wildman–Crippen LogP) is 6.55. The number of aryl methyl sites for hydroxylation is 1. The van der Waals surface area contributed by atoms with Crippen molar-refractivity contribution in [3.05, 3.63) is 93.7 Å². The van der Waals surface area contributed by atoms with Gasteiger partial charge >= 0.3 is 0 Å². The summed E-state index contributed by atoms with van der Waals surface area (Å²) in [5.74, 6) is -0.473. The molecule has 0 aliphatic heterocycles. The normalized spacial score (nSPS) is 10.8. The number of halogens is 2. The van der Waals surface area contributed by atoms with E-state index >= 15 is 0 Å². The average molecular weight is 439 g/mol. The van der Waals surface area contributed by atoms with Crippen molar-refractivity contribution in [2.24, 2.45) is 0 Å². The number of amides is 2. The van der Waals surface area contributed by atoms with E-state index in [1.54, 1.807) is 36.4 Å².